The molecule has 1 aromatic rings. The third-order valence-electron chi connectivity index (χ3n) is 3.87. The van der Waals surface area contributed by atoms with Gasteiger partial charge >= 0.3 is 12.0 Å². The van der Waals surface area contributed by atoms with Gasteiger partial charge in [-0.25, -0.2) is 4.79 Å². The molecular formula is C15H21ClN2O3. The Kier molecular flexibility index (Phi) is 5.23. The van der Waals surface area contributed by atoms with Gasteiger partial charge in [0.25, 0.3) is 0 Å². The van der Waals surface area contributed by atoms with Crippen molar-refractivity contribution >= 4 is 23.6 Å². The van der Waals surface area contributed by atoms with Crippen molar-refractivity contribution in [1.29, 1.82) is 0 Å². The van der Waals surface area contributed by atoms with Crippen molar-refractivity contribution in [3.05, 3.63) is 34.9 Å². The van der Waals surface area contributed by atoms with Gasteiger partial charge in [-0.2, -0.15) is 0 Å². The molecule has 0 aliphatic carbocycles. The molecule has 0 saturated heterocycles. The Morgan fingerprint density at radius 3 is 2.38 bits per heavy atom. The van der Waals surface area contributed by atoms with Gasteiger partial charge in [-0.05, 0) is 45.4 Å². The zero-order valence-electron chi connectivity index (χ0n) is 12.7. The van der Waals surface area contributed by atoms with E-state index in [1.54, 1.807) is 45.9 Å². The van der Waals surface area contributed by atoms with Gasteiger partial charge in [0.15, 0.2) is 0 Å². The fourth-order valence-corrected chi connectivity index (χ4v) is 1.79. The van der Waals surface area contributed by atoms with Crippen LogP contribution in [0.15, 0.2) is 24.3 Å². The number of amides is 2. The number of nitrogens with one attached hydrogen (secondary N) is 2. The monoisotopic (exact) mass is 312 g/mol. The summed E-state index contributed by atoms with van der Waals surface area (Å²) in [6.07, 6.45) is 0. The molecule has 0 aliphatic rings. The van der Waals surface area contributed by atoms with Gasteiger partial charge in [0.05, 0.1) is 11.0 Å². The number of urea groups is 1. The van der Waals surface area contributed by atoms with Crippen molar-refractivity contribution in [3.8, 4) is 0 Å². The third-order valence-corrected chi connectivity index (χ3v) is 4.10. The topological polar surface area (TPSA) is 78.4 Å². The molecule has 21 heavy (non-hydrogen) atoms. The van der Waals surface area contributed by atoms with Gasteiger partial charge in [-0.3, -0.25) is 4.79 Å². The Bertz CT molecular complexity index is 541. The van der Waals surface area contributed by atoms with E-state index in [1.165, 1.54) is 0 Å². The molecular weight excluding hydrogens is 292 g/mol. The average Bonchev–Trinajstić information content (AvgIpc) is 2.35. The molecule has 0 radical (unpaired) electrons. The van der Waals surface area contributed by atoms with Crippen LogP contribution in [0.1, 0.15) is 33.3 Å². The zero-order chi connectivity index (χ0) is 16.3. The molecule has 2 amide bonds. The van der Waals surface area contributed by atoms with Crippen molar-refractivity contribution in [2.75, 3.05) is 0 Å². The van der Waals surface area contributed by atoms with E-state index >= 15 is 0 Å². The summed E-state index contributed by atoms with van der Waals surface area (Å²) in [5, 5.41) is 15.2. The van der Waals surface area contributed by atoms with Crippen molar-refractivity contribution in [1.82, 2.24) is 10.6 Å². The molecule has 0 spiro atoms. The second-order valence-electron chi connectivity index (χ2n) is 5.99. The SMILES string of the molecule is CC(C)(NC(=O)NCc1cccc(Cl)c1)C(C)(C)C(=O)O. The zero-order valence-corrected chi connectivity index (χ0v) is 13.4. The Hall–Kier alpha value is -1.75. The predicted octanol–water partition coefficient (Wildman–Crippen LogP) is 3.03. The highest BCUT2D eigenvalue weighted by atomic mass is 35.5. The molecule has 0 heterocycles. The van der Waals surface area contributed by atoms with Crippen LogP contribution in [-0.2, 0) is 11.3 Å². The van der Waals surface area contributed by atoms with E-state index in [0.717, 1.165) is 5.56 Å². The van der Waals surface area contributed by atoms with Gasteiger partial charge in [-0.15, -0.1) is 0 Å². The molecule has 0 unspecified atom stereocenters. The van der Waals surface area contributed by atoms with E-state index in [9.17, 15) is 14.7 Å². The molecule has 0 fully saturated rings. The van der Waals surface area contributed by atoms with Crippen LogP contribution in [0.5, 0.6) is 0 Å². The summed E-state index contributed by atoms with van der Waals surface area (Å²) in [5.74, 6) is -0.970. The van der Waals surface area contributed by atoms with E-state index in [4.69, 9.17) is 11.6 Å². The van der Waals surface area contributed by atoms with Crippen LogP contribution in [0.3, 0.4) is 0 Å². The van der Waals surface area contributed by atoms with Crippen LogP contribution in [0.25, 0.3) is 0 Å². The number of hydrogen-bond acceptors (Lipinski definition) is 2. The first-order chi connectivity index (χ1) is 9.56. The standard InChI is InChI=1S/C15H21ClN2O3/c1-14(2,12(19)20)15(3,4)18-13(21)17-9-10-6-5-7-11(16)8-10/h5-8H,9H2,1-4H3,(H,19,20)(H2,17,18,21). The molecule has 5 nitrogen and oxygen atoms in total. The summed E-state index contributed by atoms with van der Waals surface area (Å²) in [7, 11) is 0. The number of carbonyl (C=O) groups excluding carboxylic acids is 1. The Morgan fingerprint density at radius 1 is 1.24 bits per heavy atom. The Morgan fingerprint density at radius 2 is 1.86 bits per heavy atom. The fraction of sp³-hybridized carbons (Fsp3) is 0.467. The molecule has 6 heteroatoms. The minimum Gasteiger partial charge on any atom is -0.481 e. The lowest BCUT2D eigenvalue weighted by atomic mass is 9.74. The van der Waals surface area contributed by atoms with Crippen LogP contribution in [-0.4, -0.2) is 22.6 Å². The van der Waals surface area contributed by atoms with E-state index < -0.39 is 23.0 Å². The van der Waals surface area contributed by atoms with Crippen molar-refractivity contribution in [2.24, 2.45) is 5.41 Å². The highest BCUT2D eigenvalue weighted by Crippen LogP contribution is 2.30. The highest BCUT2D eigenvalue weighted by molar-refractivity contribution is 6.30. The van der Waals surface area contributed by atoms with E-state index in [-0.39, 0.29) is 0 Å². The lowest BCUT2D eigenvalue weighted by molar-refractivity contribution is -0.150. The minimum absolute atomic E-state index is 0.315. The largest absolute Gasteiger partial charge is 0.481 e. The maximum absolute atomic E-state index is 11.9. The smallest absolute Gasteiger partial charge is 0.315 e. The number of benzene rings is 1. The first-order valence-corrected chi connectivity index (χ1v) is 6.98. The lowest BCUT2D eigenvalue weighted by Gasteiger charge is -2.38. The van der Waals surface area contributed by atoms with Gasteiger partial charge in [0.2, 0.25) is 0 Å². The molecule has 1 aromatic carbocycles. The Balaban J connectivity index is 2.63. The summed E-state index contributed by atoms with van der Waals surface area (Å²) < 4.78 is 0. The Labute approximate surface area is 129 Å². The van der Waals surface area contributed by atoms with Gasteiger partial charge < -0.3 is 15.7 Å². The van der Waals surface area contributed by atoms with E-state index in [1.807, 2.05) is 6.07 Å². The van der Waals surface area contributed by atoms with Crippen molar-refractivity contribution in [2.45, 2.75) is 39.8 Å². The van der Waals surface area contributed by atoms with E-state index in [0.29, 0.717) is 11.6 Å². The van der Waals surface area contributed by atoms with Crippen LogP contribution < -0.4 is 10.6 Å². The predicted molar refractivity (Wildman–Crippen MR) is 82.3 cm³/mol. The molecule has 3 N–H and O–H groups in total. The number of rotatable bonds is 5. The second kappa shape index (κ2) is 6.35. The molecule has 116 valence electrons. The number of hydrogen-bond donors (Lipinski definition) is 3. The summed E-state index contributed by atoms with van der Waals surface area (Å²) >= 11 is 5.87. The summed E-state index contributed by atoms with van der Waals surface area (Å²) in [5.41, 5.74) is -1.13. The number of carbonyl (C=O) groups is 2. The average molecular weight is 313 g/mol. The second-order valence-corrected chi connectivity index (χ2v) is 6.43. The number of halogens is 1. The van der Waals surface area contributed by atoms with Crippen LogP contribution in [0, 0.1) is 5.41 Å². The number of aliphatic carboxylic acids is 1. The summed E-state index contributed by atoms with van der Waals surface area (Å²) in [4.78, 5) is 23.2. The van der Waals surface area contributed by atoms with Gasteiger partial charge in [0.1, 0.15) is 0 Å². The number of carboxylic acid groups (broad SMARTS) is 1. The molecule has 0 atom stereocenters. The summed E-state index contributed by atoms with van der Waals surface area (Å²) in [6.45, 7) is 6.83. The van der Waals surface area contributed by atoms with Crippen LogP contribution in [0.2, 0.25) is 5.02 Å². The van der Waals surface area contributed by atoms with Gasteiger partial charge in [0, 0.05) is 11.6 Å². The van der Waals surface area contributed by atoms with Crippen molar-refractivity contribution < 1.29 is 14.7 Å². The van der Waals surface area contributed by atoms with Crippen molar-refractivity contribution in [3.63, 3.8) is 0 Å². The first kappa shape index (κ1) is 17.3. The fourth-order valence-electron chi connectivity index (χ4n) is 1.58. The maximum atomic E-state index is 11.9. The quantitative estimate of drug-likeness (QED) is 0.782. The first-order valence-electron chi connectivity index (χ1n) is 6.60. The highest BCUT2D eigenvalue weighted by Gasteiger charge is 2.44. The van der Waals surface area contributed by atoms with Crippen LogP contribution in [0.4, 0.5) is 4.79 Å². The number of carboxylic acids is 1. The maximum Gasteiger partial charge on any atom is 0.315 e. The van der Waals surface area contributed by atoms with E-state index in [2.05, 4.69) is 10.6 Å². The van der Waals surface area contributed by atoms with Gasteiger partial charge in [-0.1, -0.05) is 23.7 Å². The normalized spacial score (nSPS) is 11.9. The molecule has 0 aliphatic heterocycles. The molecule has 1 rings (SSSR count). The minimum atomic E-state index is -1.10. The molecule has 0 aromatic heterocycles. The molecule has 0 bridgehead atoms. The lowest BCUT2D eigenvalue weighted by Crippen LogP contribution is -2.58. The summed E-state index contributed by atoms with van der Waals surface area (Å²) in [6, 6.07) is 6.74. The third kappa shape index (κ3) is 4.36. The van der Waals surface area contributed by atoms with Crippen LogP contribution >= 0.6 is 11.6 Å². The molecule has 0 saturated carbocycles.